The lowest BCUT2D eigenvalue weighted by Gasteiger charge is -2.19. The zero-order valence-corrected chi connectivity index (χ0v) is 17.2. The van der Waals surface area contributed by atoms with Gasteiger partial charge >= 0.3 is 0 Å². The van der Waals surface area contributed by atoms with E-state index in [9.17, 15) is 13.2 Å². The van der Waals surface area contributed by atoms with Gasteiger partial charge in [-0.1, -0.05) is 40.2 Å². The smallest absolute Gasteiger partial charge is 0.264 e. The highest BCUT2D eigenvalue weighted by Gasteiger charge is 2.31. The number of hydrogen-bond acceptors (Lipinski definition) is 3. The lowest BCUT2D eigenvalue weighted by atomic mass is 10.1. The molecule has 142 valence electrons. The molecular formula is C21H17BrN2O3S. The minimum Gasteiger partial charge on any atom is -0.322 e. The minimum absolute atomic E-state index is 0.231. The molecule has 3 aromatic rings. The van der Waals surface area contributed by atoms with Gasteiger partial charge in [0.1, 0.15) is 0 Å². The van der Waals surface area contributed by atoms with Crippen molar-refractivity contribution in [1.82, 2.24) is 0 Å². The van der Waals surface area contributed by atoms with Crippen LogP contribution in [0, 0.1) is 0 Å². The fourth-order valence-electron chi connectivity index (χ4n) is 3.25. The number of carbonyl (C=O) groups is 1. The molecule has 1 amide bonds. The fourth-order valence-corrected chi connectivity index (χ4v) is 5.18. The standard InChI is InChI=1S/C21H17BrN2O3S/c22-17-5-4-6-18(14-17)23-21(25)16-9-10-20-15(13-16)11-12-24(20)28(26,27)19-7-2-1-3-8-19/h1-10,13-14H,11-12H2,(H,23,25). The molecule has 0 spiro atoms. The molecule has 0 bridgehead atoms. The Labute approximate surface area is 172 Å². The summed E-state index contributed by atoms with van der Waals surface area (Å²) in [5.41, 5.74) is 2.66. The zero-order valence-electron chi connectivity index (χ0n) is 14.8. The van der Waals surface area contributed by atoms with Gasteiger partial charge in [-0.25, -0.2) is 8.42 Å². The summed E-state index contributed by atoms with van der Waals surface area (Å²) >= 11 is 3.38. The Morgan fingerprint density at radius 2 is 1.75 bits per heavy atom. The Morgan fingerprint density at radius 3 is 2.50 bits per heavy atom. The summed E-state index contributed by atoms with van der Waals surface area (Å²) in [5.74, 6) is -0.231. The van der Waals surface area contributed by atoms with Crippen LogP contribution in [0.2, 0.25) is 0 Å². The highest BCUT2D eigenvalue weighted by molar-refractivity contribution is 9.10. The summed E-state index contributed by atoms with van der Waals surface area (Å²) in [4.78, 5) is 12.8. The number of benzene rings is 3. The second kappa shape index (κ2) is 7.41. The van der Waals surface area contributed by atoms with Gasteiger partial charge in [0, 0.05) is 22.3 Å². The van der Waals surface area contributed by atoms with Crippen molar-refractivity contribution in [1.29, 1.82) is 0 Å². The molecule has 0 fully saturated rings. The molecule has 3 aromatic carbocycles. The van der Waals surface area contributed by atoms with Gasteiger partial charge in [0.15, 0.2) is 0 Å². The van der Waals surface area contributed by atoms with Crippen molar-refractivity contribution in [3.63, 3.8) is 0 Å². The van der Waals surface area contributed by atoms with E-state index < -0.39 is 10.0 Å². The lowest BCUT2D eigenvalue weighted by Crippen LogP contribution is -2.29. The first kappa shape index (κ1) is 18.7. The number of amides is 1. The first-order valence-corrected chi connectivity index (χ1v) is 11.0. The van der Waals surface area contributed by atoms with Crippen LogP contribution >= 0.6 is 15.9 Å². The van der Waals surface area contributed by atoms with E-state index in [-0.39, 0.29) is 10.8 Å². The maximum atomic E-state index is 12.9. The van der Waals surface area contributed by atoms with E-state index >= 15 is 0 Å². The predicted molar refractivity (Wildman–Crippen MR) is 113 cm³/mol. The number of anilines is 2. The SMILES string of the molecule is O=C(Nc1cccc(Br)c1)c1ccc2c(c1)CCN2S(=O)(=O)c1ccccc1. The van der Waals surface area contributed by atoms with Crippen LogP contribution in [0.1, 0.15) is 15.9 Å². The highest BCUT2D eigenvalue weighted by Crippen LogP contribution is 2.33. The molecule has 0 saturated heterocycles. The van der Waals surface area contributed by atoms with Crippen molar-refractivity contribution in [3.8, 4) is 0 Å². The monoisotopic (exact) mass is 456 g/mol. The Kier molecular flexibility index (Phi) is 4.95. The number of nitrogens with one attached hydrogen (secondary N) is 1. The molecule has 28 heavy (non-hydrogen) atoms. The topological polar surface area (TPSA) is 66.5 Å². The summed E-state index contributed by atoms with van der Waals surface area (Å²) in [6.07, 6.45) is 0.569. The van der Waals surface area contributed by atoms with Gasteiger partial charge in [0.2, 0.25) is 0 Å². The molecule has 0 aliphatic carbocycles. The van der Waals surface area contributed by atoms with E-state index in [2.05, 4.69) is 21.2 Å². The molecule has 5 nitrogen and oxygen atoms in total. The molecule has 0 radical (unpaired) electrons. The molecule has 0 aromatic heterocycles. The Balaban J connectivity index is 1.59. The number of fused-ring (bicyclic) bond motifs is 1. The van der Waals surface area contributed by atoms with E-state index in [0.717, 1.165) is 10.0 Å². The molecule has 0 atom stereocenters. The second-order valence-corrected chi connectivity index (χ2v) is 9.23. The molecule has 0 saturated carbocycles. The Bertz CT molecular complexity index is 1150. The van der Waals surface area contributed by atoms with Gasteiger partial charge in [-0.15, -0.1) is 0 Å². The van der Waals surface area contributed by atoms with E-state index in [0.29, 0.717) is 29.9 Å². The van der Waals surface area contributed by atoms with E-state index in [1.54, 1.807) is 48.5 Å². The van der Waals surface area contributed by atoms with Gasteiger partial charge in [-0.3, -0.25) is 9.10 Å². The first-order chi connectivity index (χ1) is 13.4. The average molecular weight is 457 g/mol. The summed E-state index contributed by atoms with van der Waals surface area (Å²) in [6.45, 7) is 0.364. The molecule has 1 N–H and O–H groups in total. The van der Waals surface area contributed by atoms with Crippen molar-refractivity contribution in [2.75, 3.05) is 16.2 Å². The van der Waals surface area contributed by atoms with Crippen LogP contribution < -0.4 is 9.62 Å². The van der Waals surface area contributed by atoms with Crippen LogP contribution in [-0.4, -0.2) is 20.9 Å². The Hall–Kier alpha value is -2.64. The maximum absolute atomic E-state index is 12.9. The van der Waals surface area contributed by atoms with Crippen molar-refractivity contribution >= 4 is 43.2 Å². The van der Waals surface area contributed by atoms with Crippen LogP contribution in [0.3, 0.4) is 0 Å². The number of hydrogen-bond donors (Lipinski definition) is 1. The number of halogens is 1. The van der Waals surface area contributed by atoms with Crippen LogP contribution in [0.5, 0.6) is 0 Å². The van der Waals surface area contributed by atoms with Crippen LogP contribution in [-0.2, 0) is 16.4 Å². The molecule has 7 heteroatoms. The molecule has 1 aliphatic heterocycles. The molecular weight excluding hydrogens is 440 g/mol. The third-order valence-electron chi connectivity index (χ3n) is 4.61. The van der Waals surface area contributed by atoms with E-state index in [4.69, 9.17) is 0 Å². The highest BCUT2D eigenvalue weighted by atomic mass is 79.9. The Morgan fingerprint density at radius 1 is 0.964 bits per heavy atom. The first-order valence-electron chi connectivity index (χ1n) is 8.73. The maximum Gasteiger partial charge on any atom is 0.264 e. The number of carbonyl (C=O) groups excluding carboxylic acids is 1. The molecule has 4 rings (SSSR count). The van der Waals surface area contributed by atoms with Crippen LogP contribution in [0.25, 0.3) is 0 Å². The quantitative estimate of drug-likeness (QED) is 0.630. The van der Waals surface area contributed by atoms with Gasteiger partial charge in [-0.2, -0.15) is 0 Å². The molecule has 1 aliphatic rings. The number of rotatable bonds is 4. The normalized spacial score (nSPS) is 13.2. The summed E-state index contributed by atoms with van der Waals surface area (Å²) in [6, 6.07) is 20.9. The van der Waals surface area contributed by atoms with Crippen LogP contribution in [0.4, 0.5) is 11.4 Å². The summed E-state index contributed by atoms with van der Waals surface area (Å²) in [7, 11) is -3.61. The van der Waals surface area contributed by atoms with Crippen molar-refractivity contribution in [3.05, 3.63) is 88.4 Å². The van der Waals surface area contributed by atoms with Crippen molar-refractivity contribution in [2.45, 2.75) is 11.3 Å². The molecule has 0 unspecified atom stereocenters. The summed E-state index contributed by atoms with van der Waals surface area (Å²) < 4.78 is 28.1. The molecule has 1 heterocycles. The van der Waals surface area contributed by atoms with E-state index in [1.165, 1.54) is 4.31 Å². The predicted octanol–water partition coefficient (Wildman–Crippen LogP) is 4.45. The second-order valence-electron chi connectivity index (χ2n) is 6.45. The number of nitrogens with zero attached hydrogens (tertiary/aromatic N) is 1. The number of sulfonamides is 1. The lowest BCUT2D eigenvalue weighted by molar-refractivity contribution is 0.102. The largest absolute Gasteiger partial charge is 0.322 e. The third kappa shape index (κ3) is 3.55. The van der Waals surface area contributed by atoms with Gasteiger partial charge < -0.3 is 5.32 Å². The van der Waals surface area contributed by atoms with Gasteiger partial charge in [0.05, 0.1) is 10.6 Å². The van der Waals surface area contributed by atoms with Gasteiger partial charge in [0.25, 0.3) is 15.9 Å². The van der Waals surface area contributed by atoms with Crippen molar-refractivity contribution in [2.24, 2.45) is 0 Å². The van der Waals surface area contributed by atoms with Crippen LogP contribution in [0.15, 0.2) is 82.2 Å². The third-order valence-corrected chi connectivity index (χ3v) is 6.93. The zero-order chi connectivity index (χ0) is 19.7. The van der Waals surface area contributed by atoms with Crippen molar-refractivity contribution < 1.29 is 13.2 Å². The van der Waals surface area contributed by atoms with Gasteiger partial charge in [-0.05, 0) is 60.5 Å². The van der Waals surface area contributed by atoms with E-state index in [1.807, 2.05) is 24.3 Å². The minimum atomic E-state index is -3.61. The fraction of sp³-hybridized carbons (Fsp3) is 0.0952. The average Bonchev–Trinajstić information content (AvgIpc) is 3.12. The summed E-state index contributed by atoms with van der Waals surface area (Å²) in [5, 5.41) is 2.86.